The summed E-state index contributed by atoms with van der Waals surface area (Å²) in [5.74, 6) is 5.57. The molecule has 27 heavy (non-hydrogen) atoms. The van der Waals surface area contributed by atoms with Crippen LogP contribution in [0, 0.1) is 11.8 Å². The van der Waals surface area contributed by atoms with E-state index in [9.17, 15) is 0 Å². The standard InChI is InChI=1S/C21H15ClN4O/c1-26-21-17(18(22)20(23-24-21)15-9-3-2-4-10-15)19(25-26)16-11-5-7-14(13-16)8-6-12-27/h2-5,7,9-11,13,27H,12H2,1H3. The Morgan fingerprint density at radius 2 is 1.78 bits per heavy atom. The molecule has 5 nitrogen and oxygen atoms in total. The van der Waals surface area contributed by atoms with Crippen LogP contribution in [-0.4, -0.2) is 31.7 Å². The Hall–Kier alpha value is -3.20. The van der Waals surface area contributed by atoms with Gasteiger partial charge in [0.2, 0.25) is 0 Å². The molecule has 4 aromatic rings. The molecule has 0 spiro atoms. The molecule has 0 saturated heterocycles. The van der Waals surface area contributed by atoms with Crippen LogP contribution in [0.15, 0.2) is 54.6 Å². The highest BCUT2D eigenvalue weighted by Crippen LogP contribution is 2.36. The fourth-order valence-electron chi connectivity index (χ4n) is 2.96. The largest absolute Gasteiger partial charge is 0.384 e. The number of hydrogen-bond donors (Lipinski definition) is 1. The fourth-order valence-corrected chi connectivity index (χ4v) is 3.28. The summed E-state index contributed by atoms with van der Waals surface area (Å²) in [5.41, 5.74) is 4.52. The lowest BCUT2D eigenvalue weighted by Crippen LogP contribution is -1.95. The number of aromatic nitrogens is 4. The molecular weight excluding hydrogens is 360 g/mol. The fraction of sp³-hybridized carbons (Fsp3) is 0.0952. The quantitative estimate of drug-likeness (QED) is 0.543. The molecule has 0 atom stereocenters. The SMILES string of the molecule is Cn1nc(-c2cccc(C#CCO)c2)c2c(Cl)c(-c3ccccc3)nnc21. The van der Waals surface area contributed by atoms with Crippen LogP contribution in [0.2, 0.25) is 5.02 Å². The molecule has 0 amide bonds. The Balaban J connectivity index is 1.94. The zero-order valence-corrected chi connectivity index (χ0v) is 15.3. The molecule has 0 fully saturated rings. The number of nitrogens with zero attached hydrogens (tertiary/aromatic N) is 4. The topological polar surface area (TPSA) is 63.8 Å². The average molecular weight is 375 g/mol. The second-order valence-electron chi connectivity index (χ2n) is 5.94. The molecule has 0 aliphatic rings. The van der Waals surface area contributed by atoms with Gasteiger partial charge in [-0.05, 0) is 12.1 Å². The van der Waals surface area contributed by atoms with Crippen LogP contribution in [0.4, 0.5) is 0 Å². The number of aryl methyl sites for hydroxylation is 1. The summed E-state index contributed by atoms with van der Waals surface area (Å²) < 4.78 is 1.67. The Morgan fingerprint density at radius 1 is 1.00 bits per heavy atom. The summed E-state index contributed by atoms with van der Waals surface area (Å²) >= 11 is 6.75. The Kier molecular flexibility index (Phi) is 4.59. The third kappa shape index (κ3) is 3.17. The number of halogens is 1. The van der Waals surface area contributed by atoms with E-state index in [4.69, 9.17) is 16.7 Å². The molecule has 6 heteroatoms. The van der Waals surface area contributed by atoms with E-state index < -0.39 is 0 Å². The van der Waals surface area contributed by atoms with E-state index in [0.29, 0.717) is 16.4 Å². The smallest absolute Gasteiger partial charge is 0.182 e. The highest BCUT2D eigenvalue weighted by molar-refractivity contribution is 6.38. The van der Waals surface area contributed by atoms with E-state index >= 15 is 0 Å². The predicted molar refractivity (Wildman–Crippen MR) is 106 cm³/mol. The molecule has 0 saturated carbocycles. The summed E-state index contributed by atoms with van der Waals surface area (Å²) in [6.45, 7) is -0.182. The van der Waals surface area contributed by atoms with Crippen LogP contribution in [0.1, 0.15) is 5.56 Å². The van der Waals surface area contributed by atoms with Crippen molar-refractivity contribution in [1.82, 2.24) is 20.0 Å². The van der Waals surface area contributed by atoms with Gasteiger partial charge in [-0.1, -0.05) is 65.9 Å². The maximum absolute atomic E-state index is 8.91. The second kappa shape index (κ2) is 7.20. The van der Waals surface area contributed by atoms with Crippen molar-refractivity contribution in [1.29, 1.82) is 0 Å². The summed E-state index contributed by atoms with van der Waals surface area (Å²) in [6, 6.07) is 17.4. The maximum Gasteiger partial charge on any atom is 0.182 e. The molecule has 132 valence electrons. The van der Waals surface area contributed by atoms with E-state index in [2.05, 4.69) is 27.1 Å². The van der Waals surface area contributed by atoms with Crippen molar-refractivity contribution >= 4 is 22.6 Å². The highest BCUT2D eigenvalue weighted by Gasteiger charge is 2.19. The summed E-state index contributed by atoms with van der Waals surface area (Å²) in [6.07, 6.45) is 0. The molecule has 0 aliphatic carbocycles. The molecule has 1 N–H and O–H groups in total. The maximum atomic E-state index is 8.91. The highest BCUT2D eigenvalue weighted by atomic mass is 35.5. The minimum atomic E-state index is -0.182. The summed E-state index contributed by atoms with van der Waals surface area (Å²) in [7, 11) is 1.81. The van der Waals surface area contributed by atoms with Crippen molar-refractivity contribution in [2.24, 2.45) is 7.05 Å². The van der Waals surface area contributed by atoms with Gasteiger partial charge in [0.15, 0.2) is 5.65 Å². The minimum absolute atomic E-state index is 0.182. The van der Waals surface area contributed by atoms with Crippen molar-refractivity contribution in [3.63, 3.8) is 0 Å². The van der Waals surface area contributed by atoms with Gasteiger partial charge in [0, 0.05) is 23.7 Å². The van der Waals surface area contributed by atoms with Crippen molar-refractivity contribution in [3.05, 3.63) is 65.2 Å². The van der Waals surface area contributed by atoms with Crippen LogP contribution < -0.4 is 0 Å². The number of aliphatic hydroxyl groups is 1. The second-order valence-corrected chi connectivity index (χ2v) is 6.32. The molecular formula is C21H15ClN4O. The monoisotopic (exact) mass is 374 g/mol. The Bertz CT molecular complexity index is 1190. The normalized spacial score (nSPS) is 10.6. The predicted octanol–water partition coefficient (Wildman–Crippen LogP) is 3.69. The number of benzene rings is 2. The lowest BCUT2D eigenvalue weighted by atomic mass is 10.0. The van der Waals surface area contributed by atoms with E-state index in [0.717, 1.165) is 27.8 Å². The van der Waals surface area contributed by atoms with Crippen molar-refractivity contribution < 1.29 is 5.11 Å². The first-order valence-corrected chi connectivity index (χ1v) is 8.71. The minimum Gasteiger partial charge on any atom is -0.384 e. The van der Waals surface area contributed by atoms with Crippen LogP contribution in [-0.2, 0) is 7.05 Å². The summed E-state index contributed by atoms with van der Waals surface area (Å²) in [5, 5.41) is 23.4. The van der Waals surface area contributed by atoms with Crippen molar-refractivity contribution in [3.8, 4) is 34.4 Å². The number of hydrogen-bond acceptors (Lipinski definition) is 4. The number of rotatable bonds is 2. The van der Waals surface area contributed by atoms with Gasteiger partial charge in [-0.2, -0.15) is 5.10 Å². The molecule has 0 aliphatic heterocycles. The van der Waals surface area contributed by atoms with E-state index in [1.54, 1.807) is 4.68 Å². The van der Waals surface area contributed by atoms with Crippen LogP contribution in [0.25, 0.3) is 33.5 Å². The first kappa shape index (κ1) is 17.2. The molecule has 0 unspecified atom stereocenters. The first-order chi connectivity index (χ1) is 13.2. The molecule has 2 aromatic carbocycles. The lowest BCUT2D eigenvalue weighted by molar-refractivity contribution is 0.350. The first-order valence-electron chi connectivity index (χ1n) is 8.33. The molecule has 2 heterocycles. The number of fused-ring (bicyclic) bond motifs is 1. The van der Waals surface area contributed by atoms with Gasteiger partial charge >= 0.3 is 0 Å². The van der Waals surface area contributed by atoms with Gasteiger partial charge in [-0.3, -0.25) is 0 Å². The summed E-state index contributed by atoms with van der Waals surface area (Å²) in [4.78, 5) is 0. The molecule has 4 rings (SSSR count). The average Bonchev–Trinajstić information content (AvgIpc) is 3.05. The van der Waals surface area contributed by atoms with Gasteiger partial charge in [-0.15, -0.1) is 10.2 Å². The van der Waals surface area contributed by atoms with Crippen LogP contribution in [0.5, 0.6) is 0 Å². The zero-order chi connectivity index (χ0) is 18.8. The van der Waals surface area contributed by atoms with Crippen molar-refractivity contribution in [2.75, 3.05) is 6.61 Å². The zero-order valence-electron chi connectivity index (χ0n) is 14.5. The molecule has 0 radical (unpaired) electrons. The van der Waals surface area contributed by atoms with Crippen LogP contribution >= 0.6 is 11.6 Å². The Morgan fingerprint density at radius 3 is 2.56 bits per heavy atom. The van der Waals surface area contributed by atoms with E-state index in [1.165, 1.54) is 0 Å². The van der Waals surface area contributed by atoms with E-state index in [-0.39, 0.29) is 6.61 Å². The van der Waals surface area contributed by atoms with Gasteiger partial charge in [-0.25, -0.2) is 4.68 Å². The van der Waals surface area contributed by atoms with Crippen LogP contribution in [0.3, 0.4) is 0 Å². The van der Waals surface area contributed by atoms with Gasteiger partial charge in [0.25, 0.3) is 0 Å². The third-order valence-electron chi connectivity index (χ3n) is 4.18. The molecule has 2 aromatic heterocycles. The Labute approximate surface area is 161 Å². The third-order valence-corrected chi connectivity index (χ3v) is 4.55. The van der Waals surface area contributed by atoms with Crippen molar-refractivity contribution in [2.45, 2.75) is 0 Å². The van der Waals surface area contributed by atoms with Gasteiger partial charge in [0.05, 0.1) is 10.4 Å². The van der Waals surface area contributed by atoms with Gasteiger partial charge in [0.1, 0.15) is 18.0 Å². The molecule has 0 bridgehead atoms. The van der Waals surface area contributed by atoms with Gasteiger partial charge < -0.3 is 5.11 Å². The lowest BCUT2D eigenvalue weighted by Gasteiger charge is -2.05. The van der Waals surface area contributed by atoms with E-state index in [1.807, 2.05) is 61.6 Å². The number of aliphatic hydroxyl groups excluding tert-OH is 1.